The Balaban J connectivity index is 1.68. The molecule has 0 aliphatic rings. The number of carbonyl (C=O) groups is 1. The number of carbonyl (C=O) groups excluding carboxylic acids is 1. The van der Waals surface area contributed by atoms with Crippen LogP contribution in [0.3, 0.4) is 0 Å². The number of para-hydroxylation sites is 1. The molecule has 1 N–H and O–H groups in total. The van der Waals surface area contributed by atoms with Crippen molar-refractivity contribution >= 4 is 35.0 Å². The topological polar surface area (TPSA) is 70.7 Å². The number of anilines is 1. The van der Waals surface area contributed by atoms with Gasteiger partial charge in [0.2, 0.25) is 5.91 Å². The summed E-state index contributed by atoms with van der Waals surface area (Å²) < 4.78 is 1.78. The Morgan fingerprint density at radius 1 is 1.25 bits per heavy atom. The van der Waals surface area contributed by atoms with Gasteiger partial charge in [-0.25, -0.2) is 4.68 Å². The third-order valence-corrected chi connectivity index (χ3v) is 5.55. The minimum absolute atomic E-state index is 0.120. The van der Waals surface area contributed by atoms with Crippen molar-refractivity contribution in [3.63, 3.8) is 0 Å². The number of aromatic nitrogens is 2. The van der Waals surface area contributed by atoms with Gasteiger partial charge in [-0.15, -0.1) is 11.8 Å². The lowest BCUT2D eigenvalue weighted by molar-refractivity contribution is -0.113. The summed E-state index contributed by atoms with van der Waals surface area (Å²) in [6, 6.07) is 17.3. The van der Waals surface area contributed by atoms with E-state index in [2.05, 4.69) is 16.5 Å². The van der Waals surface area contributed by atoms with Crippen LogP contribution in [-0.4, -0.2) is 21.4 Å². The second-order valence-electron chi connectivity index (χ2n) is 6.27. The lowest BCUT2D eigenvalue weighted by Crippen LogP contribution is -2.14. The molecule has 0 spiro atoms. The van der Waals surface area contributed by atoms with Crippen LogP contribution >= 0.6 is 23.4 Å². The number of amides is 1. The molecule has 142 valence electrons. The predicted molar refractivity (Wildman–Crippen MR) is 114 cm³/mol. The molecule has 28 heavy (non-hydrogen) atoms. The molecule has 0 bridgehead atoms. The standard InChI is InChI=1S/C21H19ClN4OS/c1-14-8-9-16(10-19(14)22)24-21(27)13-28-12-20-18(11-23)15(2)25-26(20)17-6-4-3-5-7-17/h3-10H,12-13H2,1-2H3,(H,24,27). The second kappa shape index (κ2) is 8.96. The van der Waals surface area contributed by atoms with E-state index < -0.39 is 0 Å². The molecule has 7 heteroatoms. The number of rotatable bonds is 6. The van der Waals surface area contributed by atoms with Gasteiger partial charge in [0.25, 0.3) is 0 Å². The number of hydrogen-bond donors (Lipinski definition) is 1. The summed E-state index contributed by atoms with van der Waals surface area (Å²) in [5.74, 6) is 0.640. The number of benzene rings is 2. The van der Waals surface area contributed by atoms with Crippen LogP contribution in [0.5, 0.6) is 0 Å². The van der Waals surface area contributed by atoms with Crippen LogP contribution < -0.4 is 5.32 Å². The fraction of sp³-hybridized carbons (Fsp3) is 0.190. The zero-order chi connectivity index (χ0) is 20.1. The zero-order valence-electron chi connectivity index (χ0n) is 15.6. The Labute approximate surface area is 173 Å². The minimum Gasteiger partial charge on any atom is -0.325 e. The highest BCUT2D eigenvalue weighted by molar-refractivity contribution is 7.99. The van der Waals surface area contributed by atoms with Gasteiger partial charge in [-0.3, -0.25) is 4.79 Å². The third-order valence-electron chi connectivity index (χ3n) is 4.20. The average Bonchev–Trinajstić information content (AvgIpc) is 3.01. The molecule has 3 aromatic rings. The molecule has 5 nitrogen and oxygen atoms in total. The molecule has 0 saturated carbocycles. The van der Waals surface area contributed by atoms with Crippen LogP contribution in [0.25, 0.3) is 5.69 Å². The molecule has 3 rings (SSSR count). The number of nitriles is 1. The Morgan fingerprint density at radius 3 is 2.68 bits per heavy atom. The van der Waals surface area contributed by atoms with Gasteiger partial charge in [-0.2, -0.15) is 10.4 Å². The lowest BCUT2D eigenvalue weighted by Gasteiger charge is -2.09. The fourth-order valence-corrected chi connectivity index (χ4v) is 3.74. The second-order valence-corrected chi connectivity index (χ2v) is 7.66. The van der Waals surface area contributed by atoms with Crippen LogP contribution in [0.15, 0.2) is 48.5 Å². The van der Waals surface area contributed by atoms with Crippen LogP contribution in [0.1, 0.15) is 22.5 Å². The highest BCUT2D eigenvalue weighted by atomic mass is 35.5. The van der Waals surface area contributed by atoms with Crippen molar-refractivity contribution in [2.75, 3.05) is 11.1 Å². The van der Waals surface area contributed by atoms with Gasteiger partial charge in [0.05, 0.1) is 28.4 Å². The minimum atomic E-state index is -0.120. The first-order valence-corrected chi connectivity index (χ1v) is 10.2. The van der Waals surface area contributed by atoms with E-state index in [4.69, 9.17) is 11.6 Å². The molecular weight excluding hydrogens is 392 g/mol. The van der Waals surface area contributed by atoms with E-state index in [0.29, 0.717) is 27.7 Å². The van der Waals surface area contributed by atoms with E-state index >= 15 is 0 Å². The first-order chi connectivity index (χ1) is 13.5. The van der Waals surface area contributed by atoms with Gasteiger partial charge < -0.3 is 5.32 Å². The first-order valence-electron chi connectivity index (χ1n) is 8.67. The maximum Gasteiger partial charge on any atom is 0.234 e. The Morgan fingerprint density at radius 2 is 2.00 bits per heavy atom. The highest BCUT2D eigenvalue weighted by Crippen LogP contribution is 2.23. The number of thioether (sulfide) groups is 1. The Kier molecular flexibility index (Phi) is 6.40. The molecule has 2 aromatic carbocycles. The summed E-state index contributed by atoms with van der Waals surface area (Å²) in [7, 11) is 0. The largest absolute Gasteiger partial charge is 0.325 e. The van der Waals surface area contributed by atoms with Crippen molar-refractivity contribution in [1.29, 1.82) is 5.26 Å². The fourth-order valence-electron chi connectivity index (χ4n) is 2.74. The summed E-state index contributed by atoms with van der Waals surface area (Å²) >= 11 is 7.53. The SMILES string of the molecule is Cc1ccc(NC(=O)CSCc2c(C#N)c(C)nn2-c2ccccc2)cc1Cl. The molecule has 0 saturated heterocycles. The van der Waals surface area contributed by atoms with Gasteiger partial charge in [0, 0.05) is 16.5 Å². The van der Waals surface area contributed by atoms with Crippen LogP contribution in [-0.2, 0) is 10.5 Å². The van der Waals surface area contributed by atoms with E-state index in [0.717, 1.165) is 16.9 Å². The number of aryl methyl sites for hydroxylation is 2. The molecule has 0 aliphatic carbocycles. The summed E-state index contributed by atoms with van der Waals surface area (Å²) in [6.07, 6.45) is 0. The monoisotopic (exact) mass is 410 g/mol. The van der Waals surface area contributed by atoms with E-state index in [1.165, 1.54) is 11.8 Å². The van der Waals surface area contributed by atoms with Gasteiger partial charge in [-0.1, -0.05) is 35.9 Å². The van der Waals surface area contributed by atoms with Gasteiger partial charge >= 0.3 is 0 Å². The summed E-state index contributed by atoms with van der Waals surface area (Å²) in [5, 5.41) is 17.5. The molecule has 0 aliphatic heterocycles. The molecule has 0 fully saturated rings. The summed E-state index contributed by atoms with van der Waals surface area (Å²) in [6.45, 7) is 3.73. The van der Waals surface area contributed by atoms with Crippen molar-refractivity contribution in [1.82, 2.24) is 9.78 Å². The molecular formula is C21H19ClN4OS. The van der Waals surface area contributed by atoms with Crippen molar-refractivity contribution in [2.45, 2.75) is 19.6 Å². The quantitative estimate of drug-likeness (QED) is 0.628. The number of hydrogen-bond acceptors (Lipinski definition) is 4. The number of nitrogens with one attached hydrogen (secondary N) is 1. The van der Waals surface area contributed by atoms with Crippen LogP contribution in [0, 0.1) is 25.2 Å². The Hall–Kier alpha value is -2.75. The molecule has 0 radical (unpaired) electrons. The number of nitrogens with zero attached hydrogens (tertiary/aromatic N) is 3. The summed E-state index contributed by atoms with van der Waals surface area (Å²) in [4.78, 5) is 12.3. The molecule has 0 unspecified atom stereocenters. The van der Waals surface area contributed by atoms with E-state index in [-0.39, 0.29) is 11.7 Å². The van der Waals surface area contributed by atoms with Crippen molar-refractivity contribution in [3.05, 3.63) is 76.1 Å². The van der Waals surface area contributed by atoms with Gasteiger partial charge in [-0.05, 0) is 43.7 Å². The molecule has 1 amide bonds. The summed E-state index contributed by atoms with van der Waals surface area (Å²) in [5.41, 5.74) is 4.55. The van der Waals surface area contributed by atoms with E-state index in [1.807, 2.05) is 56.3 Å². The maximum atomic E-state index is 12.3. The van der Waals surface area contributed by atoms with Crippen molar-refractivity contribution < 1.29 is 4.79 Å². The zero-order valence-corrected chi connectivity index (χ0v) is 17.1. The first kappa shape index (κ1) is 20.0. The Bertz CT molecular complexity index is 1040. The van der Waals surface area contributed by atoms with Crippen LogP contribution in [0.4, 0.5) is 5.69 Å². The average molecular weight is 411 g/mol. The van der Waals surface area contributed by atoms with E-state index in [9.17, 15) is 10.1 Å². The molecule has 1 heterocycles. The highest BCUT2D eigenvalue weighted by Gasteiger charge is 2.16. The van der Waals surface area contributed by atoms with Crippen molar-refractivity contribution in [2.24, 2.45) is 0 Å². The predicted octanol–water partition coefficient (Wildman–Crippen LogP) is 4.89. The molecule has 0 atom stereocenters. The molecule has 1 aromatic heterocycles. The van der Waals surface area contributed by atoms with E-state index in [1.54, 1.807) is 10.7 Å². The smallest absolute Gasteiger partial charge is 0.234 e. The van der Waals surface area contributed by atoms with Gasteiger partial charge in [0.15, 0.2) is 0 Å². The van der Waals surface area contributed by atoms with Gasteiger partial charge in [0.1, 0.15) is 6.07 Å². The maximum absolute atomic E-state index is 12.3. The normalized spacial score (nSPS) is 10.5. The third kappa shape index (κ3) is 4.56. The number of halogens is 1. The lowest BCUT2D eigenvalue weighted by atomic mass is 10.2. The van der Waals surface area contributed by atoms with Crippen molar-refractivity contribution in [3.8, 4) is 11.8 Å². The van der Waals surface area contributed by atoms with Crippen LogP contribution in [0.2, 0.25) is 5.02 Å².